The van der Waals surface area contributed by atoms with E-state index < -0.39 is 0 Å². The first-order valence-corrected chi connectivity index (χ1v) is 7.31. The Morgan fingerprint density at radius 1 is 1.44 bits per heavy atom. The van der Waals surface area contributed by atoms with Crippen molar-refractivity contribution in [3.05, 3.63) is 48.3 Å². The zero-order valence-corrected chi connectivity index (χ0v) is 13.8. The molecule has 0 aromatic heterocycles. The smallest absolute Gasteiger partial charge is 0.192 e. The van der Waals surface area contributed by atoms with Gasteiger partial charge in [0.05, 0.1) is 0 Å². The van der Waals surface area contributed by atoms with Crippen LogP contribution in [0.25, 0.3) is 0 Å². The van der Waals surface area contributed by atoms with Crippen molar-refractivity contribution < 1.29 is 3.07 Å². The van der Waals surface area contributed by atoms with E-state index in [0.29, 0.717) is 11.7 Å². The largest absolute Gasteiger partial charge is 0.428 e. The van der Waals surface area contributed by atoms with E-state index in [0.717, 1.165) is 12.0 Å². The molecule has 0 fully saturated rings. The topological polar surface area (TPSA) is 9.23 Å². The molecular weight excluding hydrogens is 335 g/mol. The molecule has 0 bridgehead atoms. The zero-order valence-electron chi connectivity index (χ0n) is 11.6. The van der Waals surface area contributed by atoms with Crippen molar-refractivity contribution in [2.24, 2.45) is 11.3 Å². The van der Waals surface area contributed by atoms with Gasteiger partial charge in [-0.05, 0) is 42.2 Å². The van der Waals surface area contributed by atoms with Crippen molar-refractivity contribution in [1.82, 2.24) is 0 Å². The van der Waals surface area contributed by atoms with Crippen molar-refractivity contribution in [2.75, 3.05) is 0 Å². The highest BCUT2D eigenvalue weighted by Crippen LogP contribution is 2.42. The minimum atomic E-state index is 0.181. The molecule has 0 radical (unpaired) electrons. The van der Waals surface area contributed by atoms with Gasteiger partial charge in [-0.1, -0.05) is 51.7 Å². The summed E-state index contributed by atoms with van der Waals surface area (Å²) in [6, 6.07) is 0. The molecule has 1 nitrogen and oxygen atoms in total. The van der Waals surface area contributed by atoms with Gasteiger partial charge < -0.3 is 3.07 Å². The van der Waals surface area contributed by atoms with Gasteiger partial charge in [0, 0.05) is 0 Å². The summed E-state index contributed by atoms with van der Waals surface area (Å²) in [5.74, 6) is 1.33. The second-order valence-corrected chi connectivity index (χ2v) is 6.04. The van der Waals surface area contributed by atoms with Crippen molar-refractivity contribution in [2.45, 2.75) is 40.0 Å². The number of hydrogen-bond acceptors (Lipinski definition) is 1. The fraction of sp³-hybridized carbons (Fsp3) is 0.500. The Bertz CT molecular complexity index is 390. The highest BCUT2D eigenvalue weighted by atomic mass is 127. The fourth-order valence-corrected chi connectivity index (χ4v) is 2.36. The molecule has 1 atom stereocenters. The summed E-state index contributed by atoms with van der Waals surface area (Å²) < 4.78 is 5.01. The normalized spacial score (nSPS) is 24.2. The average Bonchev–Trinajstić information content (AvgIpc) is 2.35. The van der Waals surface area contributed by atoms with Crippen LogP contribution in [0.4, 0.5) is 0 Å². The van der Waals surface area contributed by atoms with Crippen LogP contribution >= 0.6 is 23.0 Å². The predicted octanol–water partition coefficient (Wildman–Crippen LogP) is 5.75. The second-order valence-electron chi connectivity index (χ2n) is 5.60. The molecule has 1 rings (SSSR count). The van der Waals surface area contributed by atoms with Crippen LogP contribution in [-0.2, 0) is 3.07 Å². The van der Waals surface area contributed by atoms with E-state index in [-0.39, 0.29) is 5.41 Å². The molecule has 2 heteroatoms. The molecule has 0 saturated carbocycles. The third kappa shape index (κ3) is 4.01. The molecule has 0 aromatic rings. The van der Waals surface area contributed by atoms with Crippen molar-refractivity contribution in [1.29, 1.82) is 0 Å². The lowest BCUT2D eigenvalue weighted by Crippen LogP contribution is -2.21. The first kappa shape index (κ1) is 15.5. The van der Waals surface area contributed by atoms with Crippen LogP contribution in [0, 0.1) is 11.3 Å². The summed E-state index contributed by atoms with van der Waals surface area (Å²) in [6.07, 6.45) is 9.78. The van der Waals surface area contributed by atoms with Crippen LogP contribution < -0.4 is 0 Å². The summed E-state index contributed by atoms with van der Waals surface area (Å²) in [6.45, 7) is 14.8. The highest BCUT2D eigenvalue weighted by molar-refractivity contribution is 14.1. The maximum absolute atomic E-state index is 5.01. The summed E-state index contributed by atoms with van der Waals surface area (Å²) in [7, 11) is 0. The summed E-state index contributed by atoms with van der Waals surface area (Å²) >= 11 is 1.84. The van der Waals surface area contributed by atoms with E-state index in [2.05, 4.69) is 40.0 Å². The molecule has 0 amide bonds. The van der Waals surface area contributed by atoms with E-state index in [4.69, 9.17) is 3.07 Å². The maximum atomic E-state index is 5.01. The van der Waals surface area contributed by atoms with Gasteiger partial charge in [0.15, 0.2) is 23.0 Å². The molecule has 0 aliphatic heterocycles. The second kappa shape index (κ2) is 6.60. The molecule has 1 aliphatic carbocycles. The standard InChI is InChI=1S/C16H23IO/c1-12(2)15-8-10-16(5,11-9-15)13(3)6-7-14(4)18-17/h6-8,12H,3-4,9-11H2,1-2,5H3/b7-6-. The molecule has 100 valence electrons. The monoisotopic (exact) mass is 358 g/mol. The van der Waals surface area contributed by atoms with Gasteiger partial charge in [-0.15, -0.1) is 0 Å². The molecule has 0 N–H and O–H groups in total. The minimum Gasteiger partial charge on any atom is -0.428 e. The van der Waals surface area contributed by atoms with Crippen molar-refractivity contribution >= 4 is 23.0 Å². The molecular formula is C16H23IO. The van der Waals surface area contributed by atoms with Crippen LogP contribution in [0.3, 0.4) is 0 Å². The average molecular weight is 358 g/mol. The van der Waals surface area contributed by atoms with Crippen molar-refractivity contribution in [3.63, 3.8) is 0 Å². The Kier molecular flexibility index (Phi) is 5.70. The third-order valence-corrected chi connectivity index (χ3v) is 4.43. The predicted molar refractivity (Wildman–Crippen MR) is 87.4 cm³/mol. The number of rotatable bonds is 5. The molecule has 18 heavy (non-hydrogen) atoms. The van der Waals surface area contributed by atoms with Crippen LogP contribution in [-0.4, -0.2) is 0 Å². The molecule has 0 aromatic carbocycles. The van der Waals surface area contributed by atoms with E-state index in [1.165, 1.54) is 12.8 Å². The van der Waals surface area contributed by atoms with Gasteiger partial charge in [0.25, 0.3) is 0 Å². The molecule has 0 saturated heterocycles. The lowest BCUT2D eigenvalue weighted by atomic mass is 9.70. The van der Waals surface area contributed by atoms with E-state index in [1.807, 2.05) is 35.2 Å². The van der Waals surface area contributed by atoms with Gasteiger partial charge in [-0.3, -0.25) is 0 Å². The molecule has 0 heterocycles. The minimum absolute atomic E-state index is 0.181. The number of halogens is 1. The Morgan fingerprint density at radius 3 is 2.56 bits per heavy atom. The van der Waals surface area contributed by atoms with E-state index in [9.17, 15) is 0 Å². The first-order chi connectivity index (χ1) is 8.39. The Hall–Kier alpha value is -0.510. The molecule has 1 aliphatic rings. The molecule has 0 spiro atoms. The van der Waals surface area contributed by atoms with Crippen LogP contribution in [0.5, 0.6) is 0 Å². The molecule has 1 unspecified atom stereocenters. The van der Waals surface area contributed by atoms with Crippen LogP contribution in [0.2, 0.25) is 0 Å². The van der Waals surface area contributed by atoms with E-state index in [1.54, 1.807) is 5.57 Å². The summed E-state index contributed by atoms with van der Waals surface area (Å²) in [4.78, 5) is 0. The van der Waals surface area contributed by atoms with Crippen LogP contribution in [0.15, 0.2) is 48.3 Å². The maximum Gasteiger partial charge on any atom is 0.192 e. The van der Waals surface area contributed by atoms with Crippen molar-refractivity contribution in [3.8, 4) is 0 Å². The lowest BCUT2D eigenvalue weighted by Gasteiger charge is -2.34. The van der Waals surface area contributed by atoms with Gasteiger partial charge in [-0.2, -0.15) is 0 Å². The first-order valence-electron chi connectivity index (χ1n) is 6.43. The zero-order chi connectivity index (χ0) is 13.8. The quantitative estimate of drug-likeness (QED) is 0.263. The number of allylic oxidation sites excluding steroid dienone is 5. The highest BCUT2D eigenvalue weighted by Gasteiger charge is 2.29. The van der Waals surface area contributed by atoms with Gasteiger partial charge in [-0.25, -0.2) is 0 Å². The van der Waals surface area contributed by atoms with Crippen LogP contribution in [0.1, 0.15) is 40.0 Å². The lowest BCUT2D eigenvalue weighted by molar-refractivity contribution is 0.353. The SMILES string of the molecule is C=C(/C=C\C(=C)C1(C)CC=C(C(C)C)CC1)OI. The summed E-state index contributed by atoms with van der Waals surface area (Å²) in [5, 5.41) is 0. The fourth-order valence-electron chi connectivity index (χ4n) is 2.22. The van der Waals surface area contributed by atoms with E-state index >= 15 is 0 Å². The third-order valence-electron chi connectivity index (χ3n) is 3.87. The Balaban J connectivity index is 2.70. The summed E-state index contributed by atoms with van der Waals surface area (Å²) in [5.41, 5.74) is 2.93. The van der Waals surface area contributed by atoms with Gasteiger partial charge in [0.1, 0.15) is 5.76 Å². The van der Waals surface area contributed by atoms with Gasteiger partial charge >= 0.3 is 0 Å². The number of hydrogen-bond donors (Lipinski definition) is 0. The Morgan fingerprint density at radius 2 is 2.11 bits per heavy atom. The van der Waals surface area contributed by atoms with Gasteiger partial charge in [0.2, 0.25) is 0 Å². The Labute approximate surface area is 125 Å².